The Labute approximate surface area is 258 Å². The van der Waals surface area contributed by atoms with Gasteiger partial charge in [0.1, 0.15) is 22.8 Å². The summed E-state index contributed by atoms with van der Waals surface area (Å²) in [5.74, 6) is -6.43. The summed E-state index contributed by atoms with van der Waals surface area (Å²) in [6.45, 7) is 5.52. The first-order valence-electron chi connectivity index (χ1n) is 12.8. The van der Waals surface area contributed by atoms with Gasteiger partial charge in [-0.05, 0) is 49.2 Å². The van der Waals surface area contributed by atoms with Crippen LogP contribution in [-0.4, -0.2) is 30.3 Å². The molecule has 1 fully saturated rings. The van der Waals surface area contributed by atoms with Crippen molar-refractivity contribution in [2.45, 2.75) is 43.1 Å². The van der Waals surface area contributed by atoms with Gasteiger partial charge in [-0.3, -0.25) is 9.59 Å². The van der Waals surface area contributed by atoms with Crippen molar-refractivity contribution in [2.24, 2.45) is 5.73 Å². The van der Waals surface area contributed by atoms with E-state index in [9.17, 15) is 28.0 Å². The van der Waals surface area contributed by atoms with Gasteiger partial charge in [-0.25, -0.2) is 8.78 Å². The average molecular weight is 653 g/mol. The molecule has 0 radical (unpaired) electrons. The highest BCUT2D eigenvalue weighted by Crippen LogP contribution is 2.52. The van der Waals surface area contributed by atoms with Gasteiger partial charge in [0.2, 0.25) is 5.91 Å². The van der Waals surface area contributed by atoms with E-state index in [1.165, 1.54) is 30.3 Å². The maximum Gasteiger partial charge on any atom is 0.573 e. The van der Waals surface area contributed by atoms with Crippen LogP contribution in [0.4, 0.5) is 27.6 Å². The molecule has 2 amide bonds. The zero-order valence-electron chi connectivity index (χ0n) is 22.7. The van der Waals surface area contributed by atoms with Crippen LogP contribution in [0.15, 0.2) is 66.7 Å². The number of carbonyl (C=O) groups is 2. The Morgan fingerprint density at radius 1 is 1.16 bits per heavy atom. The fraction of sp³-hybridized carbons (Fsp3) is 0.233. The van der Waals surface area contributed by atoms with Crippen LogP contribution in [0.3, 0.4) is 0 Å². The Hall–Kier alpha value is -4.18. The summed E-state index contributed by atoms with van der Waals surface area (Å²) in [6, 6.07) is 9.93. The second kappa shape index (κ2) is 12.4. The highest BCUT2D eigenvalue weighted by molar-refractivity contribution is 6.31. The van der Waals surface area contributed by atoms with Crippen molar-refractivity contribution >= 4 is 40.7 Å². The molecule has 1 heterocycles. The highest BCUT2D eigenvalue weighted by Gasteiger charge is 2.60. The lowest BCUT2D eigenvalue weighted by atomic mass is 9.64. The molecule has 14 heteroatoms. The number of benzene rings is 3. The minimum Gasteiger partial charge on any atom is -0.405 e. The van der Waals surface area contributed by atoms with E-state index in [1.54, 1.807) is 6.92 Å². The van der Waals surface area contributed by atoms with Crippen LogP contribution in [0.25, 0.3) is 0 Å². The number of rotatable bonds is 8. The molecular formula is C30H23Cl2F5N4O3. The lowest BCUT2D eigenvalue weighted by molar-refractivity contribution is -0.274. The quantitative estimate of drug-likeness (QED) is 0.184. The topological polar surface area (TPSA) is 117 Å². The monoisotopic (exact) mass is 652 g/mol. The summed E-state index contributed by atoms with van der Waals surface area (Å²) in [5.41, 5.74) is 2.50. The van der Waals surface area contributed by atoms with Gasteiger partial charge in [0, 0.05) is 34.3 Å². The minimum atomic E-state index is -5.19. The predicted molar refractivity (Wildman–Crippen MR) is 153 cm³/mol. The summed E-state index contributed by atoms with van der Waals surface area (Å²) >= 11 is 12.1. The Bertz CT molecular complexity index is 1690. The van der Waals surface area contributed by atoms with Crippen molar-refractivity contribution in [3.8, 4) is 11.8 Å². The van der Waals surface area contributed by atoms with Gasteiger partial charge in [0.25, 0.3) is 5.91 Å². The van der Waals surface area contributed by atoms with Crippen LogP contribution in [0.5, 0.6) is 5.75 Å². The summed E-state index contributed by atoms with van der Waals surface area (Å²) in [4.78, 5) is 25.6. The van der Waals surface area contributed by atoms with E-state index in [0.717, 1.165) is 24.3 Å². The molecule has 0 spiro atoms. The van der Waals surface area contributed by atoms with Crippen LogP contribution in [0.2, 0.25) is 10.0 Å². The van der Waals surface area contributed by atoms with Gasteiger partial charge in [0.05, 0.1) is 22.7 Å². The van der Waals surface area contributed by atoms with Gasteiger partial charge in [-0.1, -0.05) is 47.0 Å². The molecule has 1 aliphatic heterocycles. The number of alkyl halides is 3. The number of nitrogens with two attached hydrogens (primary N) is 1. The van der Waals surface area contributed by atoms with Crippen molar-refractivity contribution < 1.29 is 36.3 Å². The first-order chi connectivity index (χ1) is 20.6. The van der Waals surface area contributed by atoms with E-state index in [2.05, 4.69) is 28.0 Å². The molecule has 4 atom stereocenters. The van der Waals surface area contributed by atoms with Crippen molar-refractivity contribution in [1.29, 1.82) is 5.26 Å². The smallest absolute Gasteiger partial charge is 0.405 e. The molecule has 44 heavy (non-hydrogen) atoms. The molecule has 0 bridgehead atoms. The first kappa shape index (κ1) is 32.7. The zero-order chi connectivity index (χ0) is 32.6. The number of carbonyl (C=O) groups excluding carboxylic acids is 2. The zero-order valence-corrected chi connectivity index (χ0v) is 24.2. The molecule has 4 rings (SSSR count). The number of halogens is 7. The largest absolute Gasteiger partial charge is 0.573 e. The van der Waals surface area contributed by atoms with Crippen molar-refractivity contribution in [1.82, 2.24) is 5.32 Å². The summed E-state index contributed by atoms with van der Waals surface area (Å²) in [6.07, 6.45) is -5.16. The van der Waals surface area contributed by atoms with Crippen molar-refractivity contribution in [2.75, 3.05) is 5.32 Å². The molecule has 1 saturated heterocycles. The van der Waals surface area contributed by atoms with Crippen molar-refractivity contribution in [3.63, 3.8) is 0 Å². The third-order valence-electron chi connectivity index (χ3n) is 7.21. The predicted octanol–water partition coefficient (Wildman–Crippen LogP) is 6.76. The van der Waals surface area contributed by atoms with E-state index < -0.39 is 64.5 Å². The maximum atomic E-state index is 15.7. The molecule has 0 aromatic heterocycles. The Balaban J connectivity index is 1.90. The van der Waals surface area contributed by atoms with Crippen LogP contribution in [-0.2, 0) is 10.2 Å². The molecule has 230 valence electrons. The number of hydrogen-bond acceptors (Lipinski definition) is 5. The van der Waals surface area contributed by atoms with Gasteiger partial charge >= 0.3 is 6.36 Å². The van der Waals surface area contributed by atoms with E-state index in [4.69, 9.17) is 28.9 Å². The number of hydrogen-bond donors (Lipinski definition) is 3. The Morgan fingerprint density at radius 2 is 1.86 bits per heavy atom. The van der Waals surface area contributed by atoms with Crippen LogP contribution >= 0.6 is 23.2 Å². The third kappa shape index (κ3) is 6.36. The van der Waals surface area contributed by atoms with Gasteiger partial charge in [-0.15, -0.1) is 19.8 Å². The SMILES string of the molecule is C=C(C)C[C@@H]1N[C@@H](C(=O)Nc2ccc(C(N)=O)c(OC(F)(F)F)c2)[C@H](c2cccc(Cl)c2F)[C@@]1(C#N)c1ccc(Cl)cc1F. The number of primary amides is 1. The molecular weight excluding hydrogens is 630 g/mol. The van der Waals surface area contributed by atoms with Crippen molar-refractivity contribution in [3.05, 3.63) is 105 Å². The molecule has 3 aromatic carbocycles. The van der Waals surface area contributed by atoms with E-state index in [1.807, 2.05) is 0 Å². The second-order valence-electron chi connectivity index (χ2n) is 10.2. The Morgan fingerprint density at radius 3 is 2.45 bits per heavy atom. The number of anilines is 1. The molecule has 1 aliphatic rings. The fourth-order valence-electron chi connectivity index (χ4n) is 5.53. The summed E-state index contributed by atoms with van der Waals surface area (Å²) < 4.78 is 74.3. The number of amides is 2. The highest BCUT2D eigenvalue weighted by atomic mass is 35.5. The molecule has 0 saturated carbocycles. The lowest BCUT2D eigenvalue weighted by Crippen LogP contribution is -2.43. The molecule has 4 N–H and O–H groups in total. The number of nitrogens with one attached hydrogen (secondary N) is 2. The average Bonchev–Trinajstić information content (AvgIpc) is 3.23. The second-order valence-corrected chi connectivity index (χ2v) is 11.0. The Kier molecular flexibility index (Phi) is 9.25. The van der Waals surface area contributed by atoms with Gasteiger partial charge in [-0.2, -0.15) is 5.26 Å². The maximum absolute atomic E-state index is 15.7. The molecule has 7 nitrogen and oxygen atoms in total. The molecule has 0 unspecified atom stereocenters. The molecule has 0 aliphatic carbocycles. The standard InChI is InChI=1S/C30H23Cl2F5N4O3/c1-14(2)10-23-29(13-38,19-9-6-15(31)11-21(19)33)24(18-4-3-5-20(32)25(18)34)26(41-23)28(43)40-16-7-8-17(27(39)42)22(12-16)44-30(35,36)37/h3-9,11-12,23-24,26,41H,1,10H2,2H3,(H2,39,42)(H,40,43)/t23-,24-,26+,29-/m0/s1. The number of nitriles is 1. The summed E-state index contributed by atoms with van der Waals surface area (Å²) in [5, 5.41) is 15.9. The number of ether oxygens (including phenoxy) is 1. The van der Waals surface area contributed by atoms with Gasteiger partial charge in [0.15, 0.2) is 0 Å². The van der Waals surface area contributed by atoms with E-state index in [0.29, 0.717) is 5.57 Å². The minimum absolute atomic E-state index is 0.0258. The van der Waals surface area contributed by atoms with E-state index >= 15 is 8.78 Å². The van der Waals surface area contributed by atoms with Crippen LogP contribution in [0, 0.1) is 23.0 Å². The van der Waals surface area contributed by atoms with Crippen LogP contribution < -0.4 is 21.1 Å². The van der Waals surface area contributed by atoms with Crippen LogP contribution in [0.1, 0.15) is 40.7 Å². The normalized spacial score (nSPS) is 21.4. The molecule has 3 aromatic rings. The van der Waals surface area contributed by atoms with Gasteiger partial charge < -0.3 is 21.1 Å². The summed E-state index contributed by atoms with van der Waals surface area (Å²) in [7, 11) is 0. The van der Waals surface area contributed by atoms with E-state index in [-0.39, 0.29) is 33.3 Å². The first-order valence-corrected chi connectivity index (χ1v) is 13.6. The number of nitrogens with zero attached hydrogens (tertiary/aromatic N) is 1. The lowest BCUT2D eigenvalue weighted by Gasteiger charge is -2.35. The fourth-order valence-corrected chi connectivity index (χ4v) is 5.87. The third-order valence-corrected chi connectivity index (χ3v) is 7.73.